The zero-order valence-corrected chi connectivity index (χ0v) is 14.5. The van der Waals surface area contributed by atoms with Crippen molar-refractivity contribution in [2.24, 2.45) is 0 Å². The number of hydrogen-bond acceptors (Lipinski definition) is 5. The van der Waals surface area contributed by atoms with Gasteiger partial charge in [-0.25, -0.2) is 0 Å². The molecular weight excluding hydrogens is 398 g/mol. The fourth-order valence-corrected chi connectivity index (χ4v) is 2.50. The third-order valence-corrected chi connectivity index (χ3v) is 4.02. The maximum atomic E-state index is 11.9. The molecule has 0 saturated carbocycles. The molecule has 0 atom stereocenters. The predicted molar refractivity (Wildman–Crippen MR) is 93.0 cm³/mol. The monoisotopic (exact) mass is 407 g/mol. The van der Waals surface area contributed by atoms with Gasteiger partial charge in [0.1, 0.15) is 0 Å². The first-order chi connectivity index (χ1) is 11.6. The van der Waals surface area contributed by atoms with Crippen molar-refractivity contribution in [1.29, 1.82) is 0 Å². The number of benzene rings is 2. The Morgan fingerprint density at radius 2 is 1.96 bits per heavy atom. The summed E-state index contributed by atoms with van der Waals surface area (Å²) in [6.45, 7) is -0.258. The van der Waals surface area contributed by atoms with Crippen LogP contribution < -0.4 is 10.1 Å². The van der Waals surface area contributed by atoms with Gasteiger partial charge in [0.15, 0.2) is 6.61 Å². The van der Waals surface area contributed by atoms with E-state index in [1.54, 1.807) is 24.3 Å². The highest BCUT2D eigenvalue weighted by Crippen LogP contribution is 2.26. The summed E-state index contributed by atoms with van der Waals surface area (Å²) in [5.74, 6) is -0.0544. The van der Waals surface area contributed by atoms with Crippen molar-refractivity contribution in [3.8, 4) is 17.5 Å². The number of carbonyl (C=O) groups excluding carboxylic acids is 1. The van der Waals surface area contributed by atoms with E-state index in [0.717, 1.165) is 4.47 Å². The number of carbonyl (C=O) groups is 1. The normalized spacial score (nSPS) is 10.4. The number of nitrogens with one attached hydrogen (secondary N) is 1. The van der Waals surface area contributed by atoms with Gasteiger partial charge in [0.05, 0.1) is 10.7 Å². The van der Waals surface area contributed by atoms with Crippen LogP contribution in [0.1, 0.15) is 0 Å². The number of amides is 1. The van der Waals surface area contributed by atoms with E-state index in [0.29, 0.717) is 22.1 Å². The van der Waals surface area contributed by atoms with Crippen molar-refractivity contribution in [3.05, 3.63) is 58.0 Å². The molecule has 0 fully saturated rings. The number of ether oxygens (including phenoxy) is 1. The van der Waals surface area contributed by atoms with Crippen LogP contribution in [0.25, 0.3) is 11.4 Å². The van der Waals surface area contributed by atoms with Crippen molar-refractivity contribution in [2.75, 3.05) is 11.9 Å². The highest BCUT2D eigenvalue weighted by atomic mass is 79.9. The van der Waals surface area contributed by atoms with Crippen molar-refractivity contribution in [2.45, 2.75) is 0 Å². The molecule has 0 radical (unpaired) electrons. The minimum absolute atomic E-state index is 0.104. The average Bonchev–Trinajstić information content (AvgIpc) is 3.04. The van der Waals surface area contributed by atoms with Gasteiger partial charge in [-0.15, -0.1) is 0 Å². The summed E-state index contributed by atoms with van der Waals surface area (Å²) in [5, 5.41) is 6.99. The Balaban J connectivity index is 1.61. The molecule has 1 aromatic heterocycles. The van der Waals surface area contributed by atoms with Gasteiger partial charge in [0.2, 0.25) is 5.82 Å². The first-order valence-corrected chi connectivity index (χ1v) is 8.06. The smallest absolute Gasteiger partial charge is 0.418 e. The first kappa shape index (κ1) is 16.5. The zero-order valence-electron chi connectivity index (χ0n) is 12.2. The van der Waals surface area contributed by atoms with Gasteiger partial charge in [-0.3, -0.25) is 9.32 Å². The molecule has 1 amide bonds. The maximum absolute atomic E-state index is 11.9. The van der Waals surface area contributed by atoms with Crippen molar-refractivity contribution < 1.29 is 14.1 Å². The summed E-state index contributed by atoms with van der Waals surface area (Å²) >= 11 is 9.42. The summed E-state index contributed by atoms with van der Waals surface area (Å²) in [5.41, 5.74) is 1.27. The number of aromatic nitrogens is 2. The molecule has 1 N–H and O–H groups in total. The molecule has 0 saturated heterocycles. The molecule has 0 spiro atoms. The lowest BCUT2D eigenvalue weighted by Gasteiger charge is -2.06. The second-order valence-corrected chi connectivity index (χ2v) is 5.94. The fraction of sp³-hybridized carbons (Fsp3) is 0.0625. The number of anilines is 1. The molecule has 2 aromatic carbocycles. The number of para-hydroxylation sites is 1. The third-order valence-electron chi connectivity index (χ3n) is 3.00. The summed E-state index contributed by atoms with van der Waals surface area (Å²) in [4.78, 5) is 16.0. The van der Waals surface area contributed by atoms with Gasteiger partial charge < -0.3 is 10.1 Å². The molecule has 8 heteroatoms. The van der Waals surface area contributed by atoms with E-state index in [9.17, 15) is 4.79 Å². The van der Waals surface area contributed by atoms with Crippen LogP contribution in [0.5, 0.6) is 6.08 Å². The fourth-order valence-electron chi connectivity index (χ4n) is 1.90. The Morgan fingerprint density at radius 3 is 2.75 bits per heavy atom. The lowest BCUT2D eigenvalue weighted by Crippen LogP contribution is -2.20. The molecular formula is C16H11BrClN3O3. The molecule has 0 unspecified atom stereocenters. The summed E-state index contributed by atoms with van der Waals surface area (Å²) in [6.07, 6.45) is -0.104. The lowest BCUT2D eigenvalue weighted by molar-refractivity contribution is -0.118. The van der Waals surface area contributed by atoms with Crippen LogP contribution in [-0.4, -0.2) is 22.7 Å². The van der Waals surface area contributed by atoms with Crippen LogP contribution in [0.4, 0.5) is 5.69 Å². The molecule has 3 aromatic rings. The average molecular weight is 409 g/mol. The molecule has 0 aliphatic heterocycles. The van der Waals surface area contributed by atoms with Gasteiger partial charge in [0, 0.05) is 10.0 Å². The second-order valence-electron chi connectivity index (χ2n) is 4.68. The zero-order chi connectivity index (χ0) is 16.9. The SMILES string of the molecule is O=C(COc1nc(-c2ccccc2Cl)no1)Nc1ccccc1Br. The lowest BCUT2D eigenvalue weighted by atomic mass is 10.2. The Hall–Kier alpha value is -2.38. The molecule has 0 aliphatic rings. The van der Waals surface area contributed by atoms with E-state index in [-0.39, 0.29) is 18.6 Å². The standard InChI is InChI=1S/C16H11BrClN3O3/c17-11-6-2-4-8-13(11)19-14(22)9-23-16-20-15(21-24-16)10-5-1-3-7-12(10)18/h1-8H,9H2,(H,19,22). The van der Waals surface area contributed by atoms with Crippen LogP contribution in [0.2, 0.25) is 5.02 Å². The molecule has 3 rings (SSSR count). The molecule has 1 heterocycles. The topological polar surface area (TPSA) is 77.2 Å². The molecule has 6 nitrogen and oxygen atoms in total. The summed E-state index contributed by atoms with van der Waals surface area (Å²) < 4.78 is 11.0. The van der Waals surface area contributed by atoms with Gasteiger partial charge >= 0.3 is 6.08 Å². The Morgan fingerprint density at radius 1 is 1.21 bits per heavy atom. The van der Waals surface area contributed by atoms with Crippen LogP contribution in [0, 0.1) is 0 Å². The number of halogens is 2. The van der Waals surface area contributed by atoms with Crippen molar-refractivity contribution in [3.63, 3.8) is 0 Å². The molecule has 0 aliphatic carbocycles. The highest BCUT2D eigenvalue weighted by molar-refractivity contribution is 9.10. The van der Waals surface area contributed by atoms with Crippen LogP contribution in [0.15, 0.2) is 57.5 Å². The van der Waals surface area contributed by atoms with E-state index >= 15 is 0 Å². The highest BCUT2D eigenvalue weighted by Gasteiger charge is 2.14. The van der Waals surface area contributed by atoms with E-state index in [4.69, 9.17) is 20.9 Å². The van der Waals surface area contributed by atoms with Crippen LogP contribution >= 0.6 is 27.5 Å². The largest absolute Gasteiger partial charge is 0.439 e. The Kier molecular flexibility index (Phi) is 5.12. The van der Waals surface area contributed by atoms with Gasteiger partial charge in [-0.05, 0) is 40.2 Å². The molecule has 122 valence electrons. The van der Waals surface area contributed by atoms with Crippen molar-refractivity contribution >= 4 is 39.1 Å². The van der Waals surface area contributed by atoms with Crippen LogP contribution in [0.3, 0.4) is 0 Å². The summed E-state index contributed by atoms with van der Waals surface area (Å²) in [6, 6.07) is 14.3. The number of rotatable bonds is 5. The molecule has 24 heavy (non-hydrogen) atoms. The molecule has 0 bridgehead atoms. The second kappa shape index (κ2) is 7.46. The van der Waals surface area contributed by atoms with Gasteiger partial charge in [-0.1, -0.05) is 41.0 Å². The van der Waals surface area contributed by atoms with E-state index < -0.39 is 0 Å². The third kappa shape index (κ3) is 3.93. The minimum Gasteiger partial charge on any atom is -0.439 e. The van der Waals surface area contributed by atoms with Gasteiger partial charge in [0.25, 0.3) is 5.91 Å². The predicted octanol–water partition coefficient (Wildman–Crippen LogP) is 4.17. The van der Waals surface area contributed by atoms with Crippen molar-refractivity contribution in [1.82, 2.24) is 10.1 Å². The van der Waals surface area contributed by atoms with Gasteiger partial charge in [-0.2, -0.15) is 4.98 Å². The Labute approximate surface area is 150 Å². The van der Waals surface area contributed by atoms with E-state index in [1.165, 1.54) is 0 Å². The Bertz CT molecular complexity index is 869. The quantitative estimate of drug-likeness (QED) is 0.685. The maximum Gasteiger partial charge on any atom is 0.418 e. The van der Waals surface area contributed by atoms with Crippen LogP contribution in [-0.2, 0) is 4.79 Å². The minimum atomic E-state index is -0.348. The summed E-state index contributed by atoms with van der Waals surface area (Å²) in [7, 11) is 0. The van der Waals surface area contributed by atoms with E-state index in [1.807, 2.05) is 24.3 Å². The number of nitrogens with zero attached hydrogens (tertiary/aromatic N) is 2. The van der Waals surface area contributed by atoms with E-state index in [2.05, 4.69) is 31.4 Å². The first-order valence-electron chi connectivity index (χ1n) is 6.89. The number of hydrogen-bond donors (Lipinski definition) is 1.